The van der Waals surface area contributed by atoms with E-state index in [1.807, 2.05) is 6.92 Å². The quantitative estimate of drug-likeness (QED) is 0.608. The molecule has 1 rings (SSSR count). The van der Waals surface area contributed by atoms with Crippen LogP contribution < -0.4 is 0 Å². The average Bonchev–Trinajstić information content (AvgIpc) is 2.03. The molecule has 0 aromatic heterocycles. The van der Waals surface area contributed by atoms with Gasteiger partial charge in [0.1, 0.15) is 0 Å². The van der Waals surface area contributed by atoms with Crippen LogP contribution in [0.5, 0.6) is 0 Å². The van der Waals surface area contributed by atoms with Gasteiger partial charge in [-0.05, 0) is 6.92 Å². The Kier molecular flexibility index (Phi) is 2.25. The average molecular weight is 204 g/mol. The first-order chi connectivity index (χ1) is 5.22. The second kappa shape index (κ2) is 2.70. The van der Waals surface area contributed by atoms with Gasteiger partial charge in [-0.2, -0.15) is 0 Å². The molecule has 0 amide bonds. The summed E-state index contributed by atoms with van der Waals surface area (Å²) in [5, 5.41) is 1.24. The first-order valence-corrected chi connectivity index (χ1v) is 9.44. The molecule has 0 radical (unpaired) electrons. The van der Waals surface area contributed by atoms with Crippen molar-refractivity contribution >= 4 is 17.9 Å². The van der Waals surface area contributed by atoms with E-state index in [1.54, 1.807) is 0 Å². The van der Waals surface area contributed by atoms with E-state index >= 15 is 0 Å². The Hall–Kier alpha value is -0.0931. The Morgan fingerprint density at radius 1 is 1.17 bits per heavy atom. The zero-order valence-corrected chi connectivity index (χ0v) is 9.96. The van der Waals surface area contributed by atoms with Gasteiger partial charge >= 0.3 is 0 Å². The van der Waals surface area contributed by atoms with Crippen molar-refractivity contribution in [1.29, 1.82) is 0 Å². The molecule has 0 saturated carbocycles. The summed E-state index contributed by atoms with van der Waals surface area (Å²) in [5.41, 5.74) is 1.11. The molecule has 1 heterocycles. The molecule has 0 aliphatic carbocycles. The van der Waals surface area contributed by atoms with Gasteiger partial charge in [0.05, 0.1) is 19.6 Å². The fourth-order valence-corrected chi connectivity index (χ4v) is 7.18. The summed E-state index contributed by atoms with van der Waals surface area (Å²) < 4.78 is 22.6. The van der Waals surface area contributed by atoms with Gasteiger partial charge in [0.15, 0.2) is 9.84 Å². The standard InChI is InChI=1S/C8H16O2SSi/c1-7-5-11(9,10)6-8(7)12(2,3)4/h5-6H2,1-4H3. The van der Waals surface area contributed by atoms with Gasteiger partial charge in [0, 0.05) is 0 Å². The highest BCUT2D eigenvalue weighted by Gasteiger charge is 2.32. The van der Waals surface area contributed by atoms with Crippen LogP contribution in [0.4, 0.5) is 0 Å². The van der Waals surface area contributed by atoms with Gasteiger partial charge < -0.3 is 0 Å². The van der Waals surface area contributed by atoms with Crippen molar-refractivity contribution in [2.75, 3.05) is 11.5 Å². The zero-order valence-electron chi connectivity index (χ0n) is 8.14. The van der Waals surface area contributed by atoms with Crippen LogP contribution in [-0.2, 0) is 9.84 Å². The molecule has 1 aliphatic rings. The van der Waals surface area contributed by atoms with Crippen molar-refractivity contribution in [2.45, 2.75) is 26.6 Å². The van der Waals surface area contributed by atoms with Crippen LogP contribution >= 0.6 is 0 Å². The normalized spacial score (nSPS) is 23.3. The summed E-state index contributed by atoms with van der Waals surface area (Å²) in [6, 6.07) is 0. The second-order valence-electron chi connectivity index (χ2n) is 4.54. The lowest BCUT2D eigenvalue weighted by atomic mass is 10.3. The van der Waals surface area contributed by atoms with Crippen molar-refractivity contribution in [3.8, 4) is 0 Å². The Bertz CT molecular complexity index is 319. The van der Waals surface area contributed by atoms with Gasteiger partial charge in [-0.3, -0.25) is 0 Å². The van der Waals surface area contributed by atoms with Crippen LogP contribution in [0.2, 0.25) is 19.6 Å². The minimum absolute atomic E-state index is 0.298. The maximum Gasteiger partial charge on any atom is 0.157 e. The Morgan fingerprint density at radius 2 is 1.67 bits per heavy atom. The molecule has 12 heavy (non-hydrogen) atoms. The van der Waals surface area contributed by atoms with Crippen LogP contribution in [0.25, 0.3) is 0 Å². The third-order valence-corrected chi connectivity index (χ3v) is 6.49. The summed E-state index contributed by atoms with van der Waals surface area (Å²) in [7, 11) is -4.14. The first kappa shape index (κ1) is 9.99. The Labute approximate surface area is 75.6 Å². The maximum absolute atomic E-state index is 11.3. The third kappa shape index (κ3) is 1.98. The van der Waals surface area contributed by atoms with Crippen LogP contribution in [-0.4, -0.2) is 28.0 Å². The van der Waals surface area contributed by atoms with Gasteiger partial charge in [-0.1, -0.05) is 30.4 Å². The number of sulfone groups is 1. The molecule has 0 spiro atoms. The topological polar surface area (TPSA) is 34.1 Å². The van der Waals surface area contributed by atoms with E-state index in [1.165, 1.54) is 5.20 Å². The summed E-state index contributed by atoms with van der Waals surface area (Å²) in [4.78, 5) is 0. The second-order valence-corrected chi connectivity index (χ2v) is 11.7. The largest absolute Gasteiger partial charge is 0.228 e. The van der Waals surface area contributed by atoms with Gasteiger partial charge in [0.2, 0.25) is 0 Å². The third-order valence-electron chi connectivity index (χ3n) is 2.22. The molecule has 0 atom stereocenters. The number of rotatable bonds is 1. The lowest BCUT2D eigenvalue weighted by Crippen LogP contribution is -2.26. The Morgan fingerprint density at radius 3 is 1.83 bits per heavy atom. The molecule has 0 unspecified atom stereocenters. The fourth-order valence-electron chi connectivity index (χ4n) is 1.67. The summed E-state index contributed by atoms with van der Waals surface area (Å²) >= 11 is 0. The molecule has 70 valence electrons. The van der Waals surface area contributed by atoms with E-state index in [0.29, 0.717) is 11.5 Å². The molecule has 0 aromatic carbocycles. The van der Waals surface area contributed by atoms with Gasteiger partial charge in [0.25, 0.3) is 0 Å². The monoisotopic (exact) mass is 204 g/mol. The predicted octanol–water partition coefficient (Wildman–Crippen LogP) is 1.61. The van der Waals surface area contributed by atoms with Crippen molar-refractivity contribution in [3.63, 3.8) is 0 Å². The van der Waals surface area contributed by atoms with E-state index in [2.05, 4.69) is 19.6 Å². The van der Waals surface area contributed by atoms with Crippen LogP contribution in [0.15, 0.2) is 10.8 Å². The lowest BCUT2D eigenvalue weighted by Gasteiger charge is -2.18. The molecular weight excluding hydrogens is 188 g/mol. The van der Waals surface area contributed by atoms with E-state index < -0.39 is 17.9 Å². The number of hydrogen-bond acceptors (Lipinski definition) is 2. The van der Waals surface area contributed by atoms with E-state index in [-0.39, 0.29) is 0 Å². The van der Waals surface area contributed by atoms with Crippen molar-refractivity contribution in [1.82, 2.24) is 0 Å². The molecule has 0 fully saturated rings. The van der Waals surface area contributed by atoms with Gasteiger partial charge in [-0.15, -0.1) is 0 Å². The van der Waals surface area contributed by atoms with E-state index in [4.69, 9.17) is 0 Å². The number of hydrogen-bond donors (Lipinski definition) is 0. The van der Waals surface area contributed by atoms with E-state index in [0.717, 1.165) is 5.57 Å². The van der Waals surface area contributed by atoms with Crippen LogP contribution in [0.3, 0.4) is 0 Å². The van der Waals surface area contributed by atoms with Gasteiger partial charge in [-0.25, -0.2) is 8.42 Å². The summed E-state index contributed by atoms with van der Waals surface area (Å²) in [6.07, 6.45) is 0. The zero-order chi connectivity index (χ0) is 9.57. The molecule has 0 bridgehead atoms. The molecular formula is C8H16O2SSi. The maximum atomic E-state index is 11.3. The minimum Gasteiger partial charge on any atom is -0.228 e. The van der Waals surface area contributed by atoms with Crippen molar-refractivity contribution < 1.29 is 8.42 Å². The molecule has 1 aliphatic heterocycles. The highest BCUT2D eigenvalue weighted by Crippen LogP contribution is 2.27. The predicted molar refractivity (Wildman–Crippen MR) is 54.7 cm³/mol. The lowest BCUT2D eigenvalue weighted by molar-refractivity contribution is 0.603. The van der Waals surface area contributed by atoms with Crippen molar-refractivity contribution in [2.24, 2.45) is 0 Å². The van der Waals surface area contributed by atoms with Crippen LogP contribution in [0, 0.1) is 0 Å². The highest BCUT2D eigenvalue weighted by atomic mass is 32.2. The minimum atomic E-state index is -2.77. The Balaban J connectivity index is 3.03. The first-order valence-electron chi connectivity index (χ1n) is 4.12. The fraction of sp³-hybridized carbons (Fsp3) is 0.750. The molecule has 2 nitrogen and oxygen atoms in total. The summed E-state index contributed by atoms with van der Waals surface area (Å²) in [6.45, 7) is 8.56. The SMILES string of the molecule is CC1=C([Si](C)(C)C)CS(=O)(=O)C1. The van der Waals surface area contributed by atoms with Crippen LogP contribution in [0.1, 0.15) is 6.92 Å². The molecule has 0 N–H and O–H groups in total. The molecule has 0 aromatic rings. The highest BCUT2D eigenvalue weighted by molar-refractivity contribution is 7.92. The van der Waals surface area contributed by atoms with Crippen molar-refractivity contribution in [3.05, 3.63) is 10.8 Å². The van der Waals surface area contributed by atoms with E-state index in [9.17, 15) is 8.42 Å². The molecule has 4 heteroatoms. The summed E-state index contributed by atoms with van der Waals surface area (Å²) in [5.74, 6) is 0.626. The smallest absolute Gasteiger partial charge is 0.157 e. The molecule has 0 saturated heterocycles.